The Morgan fingerprint density at radius 3 is 2.46 bits per heavy atom. The van der Waals surface area contributed by atoms with Crippen molar-refractivity contribution >= 4 is 40.8 Å². The van der Waals surface area contributed by atoms with E-state index in [4.69, 9.17) is 23.2 Å². The summed E-state index contributed by atoms with van der Waals surface area (Å²) in [4.78, 5) is 23.7. The first-order chi connectivity index (χ1) is 11.5. The van der Waals surface area contributed by atoms with Gasteiger partial charge in [0.1, 0.15) is 0 Å². The van der Waals surface area contributed by atoms with Crippen LogP contribution in [0, 0.1) is 0 Å². The lowest BCUT2D eigenvalue weighted by Gasteiger charge is -2.16. The summed E-state index contributed by atoms with van der Waals surface area (Å²) in [7, 11) is 0. The number of rotatable bonds is 5. The molecule has 0 radical (unpaired) electrons. The predicted molar refractivity (Wildman–Crippen MR) is 96.5 cm³/mol. The zero-order chi connectivity index (χ0) is 17.5. The molecule has 2 aromatic rings. The summed E-state index contributed by atoms with van der Waals surface area (Å²) in [5.41, 5.74) is 1.40. The van der Waals surface area contributed by atoms with Gasteiger partial charge in [0.15, 0.2) is 0 Å². The maximum atomic E-state index is 11.9. The van der Waals surface area contributed by atoms with Crippen molar-refractivity contribution in [3.63, 3.8) is 0 Å². The normalized spacial score (nSPS) is 11.5. The number of halogens is 2. The molecule has 0 spiro atoms. The standard InChI is InChI=1S/C17H17Cl2N3O2/c1-11(14-8-7-12(18)9-15(14)19)21-16(23)10-20-17(24)22-13-5-3-2-4-6-13/h2-9,11H,10H2,1H3,(H,21,23)(H2,20,22,24)/t11-/m1/s1. The van der Waals surface area contributed by atoms with E-state index in [-0.39, 0.29) is 18.5 Å². The van der Waals surface area contributed by atoms with Gasteiger partial charge in [0.2, 0.25) is 5.91 Å². The van der Waals surface area contributed by atoms with E-state index in [1.165, 1.54) is 0 Å². The van der Waals surface area contributed by atoms with Gasteiger partial charge in [0, 0.05) is 15.7 Å². The third kappa shape index (κ3) is 5.44. The van der Waals surface area contributed by atoms with Crippen LogP contribution in [0.4, 0.5) is 10.5 Å². The molecule has 2 aromatic carbocycles. The maximum Gasteiger partial charge on any atom is 0.319 e. The minimum absolute atomic E-state index is 0.145. The second kappa shape index (κ2) is 8.57. The highest BCUT2D eigenvalue weighted by molar-refractivity contribution is 6.35. The van der Waals surface area contributed by atoms with E-state index < -0.39 is 6.03 Å². The minimum atomic E-state index is -0.450. The van der Waals surface area contributed by atoms with E-state index in [9.17, 15) is 9.59 Å². The van der Waals surface area contributed by atoms with Gasteiger partial charge < -0.3 is 16.0 Å². The molecule has 0 bridgehead atoms. The van der Waals surface area contributed by atoms with Crippen LogP contribution in [0.15, 0.2) is 48.5 Å². The average Bonchev–Trinajstić information content (AvgIpc) is 2.53. The molecule has 7 heteroatoms. The molecular weight excluding hydrogens is 349 g/mol. The number of carbonyl (C=O) groups excluding carboxylic acids is 2. The number of carbonyl (C=O) groups is 2. The third-order valence-electron chi connectivity index (χ3n) is 3.25. The lowest BCUT2D eigenvalue weighted by molar-refractivity contribution is -0.120. The number of nitrogens with one attached hydrogen (secondary N) is 3. The van der Waals surface area contributed by atoms with Crippen molar-refractivity contribution in [2.24, 2.45) is 0 Å². The van der Waals surface area contributed by atoms with E-state index in [1.54, 1.807) is 49.4 Å². The number of hydrogen-bond acceptors (Lipinski definition) is 2. The van der Waals surface area contributed by atoms with Crippen LogP contribution in [0.1, 0.15) is 18.5 Å². The number of urea groups is 1. The number of benzene rings is 2. The highest BCUT2D eigenvalue weighted by atomic mass is 35.5. The first-order valence-electron chi connectivity index (χ1n) is 7.30. The van der Waals surface area contributed by atoms with E-state index in [2.05, 4.69) is 16.0 Å². The van der Waals surface area contributed by atoms with Gasteiger partial charge in [-0.3, -0.25) is 4.79 Å². The van der Waals surface area contributed by atoms with Crippen molar-refractivity contribution < 1.29 is 9.59 Å². The molecule has 5 nitrogen and oxygen atoms in total. The molecular formula is C17H17Cl2N3O2. The number of amides is 3. The van der Waals surface area contributed by atoms with Crippen LogP contribution in [0.25, 0.3) is 0 Å². The van der Waals surface area contributed by atoms with Crippen molar-refractivity contribution in [3.8, 4) is 0 Å². The van der Waals surface area contributed by atoms with Gasteiger partial charge in [0.25, 0.3) is 0 Å². The fourth-order valence-electron chi connectivity index (χ4n) is 2.08. The van der Waals surface area contributed by atoms with E-state index >= 15 is 0 Å². The second-order valence-corrected chi connectivity index (χ2v) is 5.97. The third-order valence-corrected chi connectivity index (χ3v) is 3.81. The molecule has 2 rings (SSSR count). The summed E-state index contributed by atoms with van der Waals surface area (Å²) in [5, 5.41) is 8.90. The Hall–Kier alpha value is -2.24. The summed E-state index contributed by atoms with van der Waals surface area (Å²) < 4.78 is 0. The van der Waals surface area contributed by atoms with Crippen LogP contribution in [-0.2, 0) is 4.79 Å². The molecule has 0 saturated heterocycles. The highest BCUT2D eigenvalue weighted by Gasteiger charge is 2.13. The van der Waals surface area contributed by atoms with Crippen LogP contribution in [0.3, 0.4) is 0 Å². The van der Waals surface area contributed by atoms with Gasteiger partial charge >= 0.3 is 6.03 Å². The first-order valence-corrected chi connectivity index (χ1v) is 8.05. The Morgan fingerprint density at radius 1 is 1.08 bits per heavy atom. The van der Waals surface area contributed by atoms with E-state index in [1.807, 2.05) is 6.07 Å². The molecule has 3 amide bonds. The molecule has 0 heterocycles. The Labute approximate surface area is 150 Å². The van der Waals surface area contributed by atoms with Crippen LogP contribution < -0.4 is 16.0 Å². The molecule has 24 heavy (non-hydrogen) atoms. The summed E-state index contributed by atoms with van der Waals surface area (Å²) in [6.07, 6.45) is 0. The van der Waals surface area contributed by atoms with E-state index in [0.29, 0.717) is 15.7 Å². The Morgan fingerprint density at radius 2 is 1.79 bits per heavy atom. The topological polar surface area (TPSA) is 70.2 Å². The fourth-order valence-corrected chi connectivity index (χ4v) is 2.65. The van der Waals surface area contributed by atoms with Crippen LogP contribution in [-0.4, -0.2) is 18.5 Å². The molecule has 0 aliphatic rings. The summed E-state index contributed by atoms with van der Waals surface area (Å²) in [5.74, 6) is -0.322. The number of anilines is 1. The minimum Gasteiger partial charge on any atom is -0.348 e. The number of hydrogen-bond donors (Lipinski definition) is 3. The Bertz CT molecular complexity index is 723. The largest absolute Gasteiger partial charge is 0.348 e. The zero-order valence-electron chi connectivity index (χ0n) is 13.0. The summed E-state index contributed by atoms with van der Waals surface area (Å²) in [6, 6.07) is 13.3. The Kier molecular flexibility index (Phi) is 6.46. The molecule has 0 aliphatic heterocycles. The van der Waals surface area contributed by atoms with Crippen molar-refractivity contribution in [2.45, 2.75) is 13.0 Å². The highest BCUT2D eigenvalue weighted by Crippen LogP contribution is 2.25. The summed E-state index contributed by atoms with van der Waals surface area (Å²) in [6.45, 7) is 1.66. The van der Waals surface area contributed by atoms with Crippen LogP contribution in [0.2, 0.25) is 10.0 Å². The van der Waals surface area contributed by atoms with Crippen LogP contribution >= 0.6 is 23.2 Å². The quantitative estimate of drug-likeness (QED) is 0.749. The van der Waals surface area contributed by atoms with Crippen molar-refractivity contribution in [3.05, 3.63) is 64.1 Å². The van der Waals surface area contributed by atoms with Crippen molar-refractivity contribution in [1.29, 1.82) is 0 Å². The van der Waals surface area contributed by atoms with Crippen LogP contribution in [0.5, 0.6) is 0 Å². The van der Waals surface area contributed by atoms with Gasteiger partial charge in [-0.15, -0.1) is 0 Å². The van der Waals surface area contributed by atoms with Crippen molar-refractivity contribution in [2.75, 3.05) is 11.9 Å². The van der Waals surface area contributed by atoms with Gasteiger partial charge in [-0.1, -0.05) is 47.5 Å². The lowest BCUT2D eigenvalue weighted by Crippen LogP contribution is -2.39. The smallest absolute Gasteiger partial charge is 0.319 e. The molecule has 0 aromatic heterocycles. The van der Waals surface area contributed by atoms with Gasteiger partial charge in [-0.2, -0.15) is 0 Å². The monoisotopic (exact) mass is 365 g/mol. The predicted octanol–water partition coefficient (Wildman–Crippen LogP) is 3.99. The average molecular weight is 366 g/mol. The molecule has 1 atom stereocenters. The van der Waals surface area contributed by atoms with Gasteiger partial charge in [-0.25, -0.2) is 4.79 Å². The number of para-hydroxylation sites is 1. The lowest BCUT2D eigenvalue weighted by atomic mass is 10.1. The van der Waals surface area contributed by atoms with Gasteiger partial charge in [-0.05, 0) is 36.8 Å². The molecule has 0 fully saturated rings. The molecule has 0 saturated carbocycles. The van der Waals surface area contributed by atoms with Crippen molar-refractivity contribution in [1.82, 2.24) is 10.6 Å². The molecule has 0 unspecified atom stereocenters. The zero-order valence-corrected chi connectivity index (χ0v) is 14.5. The molecule has 126 valence electrons. The second-order valence-electron chi connectivity index (χ2n) is 5.13. The van der Waals surface area contributed by atoms with E-state index in [0.717, 1.165) is 5.56 Å². The fraction of sp³-hybridized carbons (Fsp3) is 0.176. The summed E-state index contributed by atoms with van der Waals surface area (Å²) >= 11 is 12.0. The first kappa shape index (κ1) is 18.1. The SMILES string of the molecule is C[C@@H](NC(=O)CNC(=O)Nc1ccccc1)c1ccc(Cl)cc1Cl. The maximum absolute atomic E-state index is 11.9. The van der Waals surface area contributed by atoms with Gasteiger partial charge in [0.05, 0.1) is 12.6 Å². The molecule has 3 N–H and O–H groups in total. The molecule has 0 aliphatic carbocycles. The Balaban J connectivity index is 1.81.